The molecule has 1 N–H and O–H groups in total. The summed E-state index contributed by atoms with van der Waals surface area (Å²) in [7, 11) is 0. The van der Waals surface area contributed by atoms with Gasteiger partial charge in [0.1, 0.15) is 11.9 Å². The highest BCUT2D eigenvalue weighted by atomic mass is 35.5. The molecule has 2 heterocycles. The van der Waals surface area contributed by atoms with E-state index in [0.717, 1.165) is 11.3 Å². The summed E-state index contributed by atoms with van der Waals surface area (Å²) in [4.78, 5) is 6.57. The highest BCUT2D eigenvalue weighted by Crippen LogP contribution is 2.37. The SMILES string of the molecule is Cc1ccc(C#N)c(N2CCC(O)(c3ccccc3Cl)CC2)n1. The van der Waals surface area contributed by atoms with Gasteiger partial charge in [-0.25, -0.2) is 4.98 Å². The van der Waals surface area contributed by atoms with E-state index in [2.05, 4.69) is 16.0 Å². The molecule has 118 valence electrons. The number of nitrogens with zero attached hydrogens (tertiary/aromatic N) is 3. The number of benzene rings is 1. The predicted molar refractivity (Wildman–Crippen MR) is 90.5 cm³/mol. The summed E-state index contributed by atoms with van der Waals surface area (Å²) in [5.41, 5.74) is 1.30. The Hall–Kier alpha value is -2.09. The number of nitriles is 1. The summed E-state index contributed by atoms with van der Waals surface area (Å²) in [5.74, 6) is 0.703. The van der Waals surface area contributed by atoms with Gasteiger partial charge in [-0.2, -0.15) is 5.26 Å². The molecule has 0 bridgehead atoms. The second-order valence-electron chi connectivity index (χ2n) is 5.93. The Morgan fingerprint density at radius 3 is 2.57 bits per heavy atom. The zero-order valence-corrected chi connectivity index (χ0v) is 13.7. The smallest absolute Gasteiger partial charge is 0.146 e. The Bertz CT molecular complexity index is 761. The Morgan fingerprint density at radius 2 is 1.91 bits per heavy atom. The molecule has 2 aromatic rings. The van der Waals surface area contributed by atoms with Gasteiger partial charge in [-0.1, -0.05) is 29.8 Å². The molecule has 0 atom stereocenters. The Kier molecular flexibility index (Phi) is 4.25. The number of aromatic nitrogens is 1. The zero-order chi connectivity index (χ0) is 16.4. The van der Waals surface area contributed by atoms with E-state index in [1.165, 1.54) is 0 Å². The van der Waals surface area contributed by atoms with Crippen LogP contribution in [0.4, 0.5) is 5.82 Å². The van der Waals surface area contributed by atoms with Crippen LogP contribution in [-0.4, -0.2) is 23.2 Å². The van der Waals surface area contributed by atoms with Crippen LogP contribution < -0.4 is 4.90 Å². The third-order valence-electron chi connectivity index (χ3n) is 4.40. The number of piperidine rings is 1. The highest BCUT2D eigenvalue weighted by molar-refractivity contribution is 6.31. The Balaban J connectivity index is 1.83. The van der Waals surface area contributed by atoms with Crippen LogP contribution in [0.25, 0.3) is 0 Å². The summed E-state index contributed by atoms with van der Waals surface area (Å²) in [6.07, 6.45) is 1.11. The van der Waals surface area contributed by atoms with E-state index in [4.69, 9.17) is 11.6 Å². The summed E-state index contributed by atoms with van der Waals surface area (Å²) >= 11 is 6.24. The van der Waals surface area contributed by atoms with E-state index >= 15 is 0 Å². The third kappa shape index (κ3) is 3.03. The summed E-state index contributed by atoms with van der Waals surface area (Å²) < 4.78 is 0. The molecule has 0 radical (unpaired) electrons. The second kappa shape index (κ2) is 6.19. The molecule has 1 aliphatic heterocycles. The van der Waals surface area contributed by atoms with Gasteiger partial charge < -0.3 is 10.0 Å². The van der Waals surface area contributed by atoms with E-state index in [0.29, 0.717) is 42.3 Å². The van der Waals surface area contributed by atoms with Gasteiger partial charge >= 0.3 is 0 Å². The molecule has 0 spiro atoms. The van der Waals surface area contributed by atoms with Crippen molar-refractivity contribution in [3.05, 3.63) is 58.2 Å². The first kappa shape index (κ1) is 15.8. The second-order valence-corrected chi connectivity index (χ2v) is 6.34. The molecule has 0 unspecified atom stereocenters. The Labute approximate surface area is 141 Å². The van der Waals surface area contributed by atoms with Crippen molar-refractivity contribution in [2.45, 2.75) is 25.4 Å². The van der Waals surface area contributed by atoms with Crippen LogP contribution in [0.3, 0.4) is 0 Å². The van der Waals surface area contributed by atoms with Crippen molar-refractivity contribution >= 4 is 17.4 Å². The quantitative estimate of drug-likeness (QED) is 0.918. The number of hydrogen-bond acceptors (Lipinski definition) is 4. The van der Waals surface area contributed by atoms with Crippen LogP contribution in [0.1, 0.15) is 29.7 Å². The number of pyridine rings is 1. The van der Waals surface area contributed by atoms with Crippen LogP contribution in [0.5, 0.6) is 0 Å². The Morgan fingerprint density at radius 1 is 1.22 bits per heavy atom. The van der Waals surface area contributed by atoms with Crippen LogP contribution in [-0.2, 0) is 5.60 Å². The fraction of sp³-hybridized carbons (Fsp3) is 0.333. The van der Waals surface area contributed by atoms with Crippen molar-refractivity contribution < 1.29 is 5.11 Å². The number of rotatable bonds is 2. The lowest BCUT2D eigenvalue weighted by Gasteiger charge is -2.39. The molecule has 0 saturated carbocycles. The van der Waals surface area contributed by atoms with Gasteiger partial charge in [0, 0.05) is 29.4 Å². The van der Waals surface area contributed by atoms with Crippen LogP contribution in [0.15, 0.2) is 36.4 Å². The van der Waals surface area contributed by atoms with E-state index in [1.54, 1.807) is 12.1 Å². The van der Waals surface area contributed by atoms with Gasteiger partial charge in [0.25, 0.3) is 0 Å². The molecule has 4 nitrogen and oxygen atoms in total. The molecule has 1 aliphatic rings. The maximum Gasteiger partial charge on any atom is 0.146 e. The first-order valence-corrected chi connectivity index (χ1v) is 8.01. The molecule has 1 fully saturated rings. The van der Waals surface area contributed by atoms with Gasteiger partial charge in [0.2, 0.25) is 0 Å². The lowest BCUT2D eigenvalue weighted by Crippen LogP contribution is -2.43. The number of halogens is 1. The van der Waals surface area contributed by atoms with E-state index in [9.17, 15) is 10.4 Å². The van der Waals surface area contributed by atoms with E-state index in [-0.39, 0.29) is 0 Å². The molecular formula is C18H18ClN3O. The normalized spacial score (nSPS) is 16.9. The average Bonchev–Trinajstić information content (AvgIpc) is 2.56. The molecule has 5 heteroatoms. The topological polar surface area (TPSA) is 60.2 Å². The number of anilines is 1. The van der Waals surface area contributed by atoms with Crippen molar-refractivity contribution in [3.8, 4) is 6.07 Å². The first-order valence-electron chi connectivity index (χ1n) is 7.63. The largest absolute Gasteiger partial charge is 0.385 e. The summed E-state index contributed by atoms with van der Waals surface area (Å²) in [5, 5.41) is 20.8. The van der Waals surface area contributed by atoms with Gasteiger partial charge in [0.05, 0.1) is 11.2 Å². The van der Waals surface area contributed by atoms with Crippen molar-refractivity contribution in [1.82, 2.24) is 4.98 Å². The standard InChI is InChI=1S/C18H18ClN3O/c1-13-6-7-14(12-20)17(21-13)22-10-8-18(23,9-11-22)15-4-2-3-5-16(15)19/h2-7,23H,8-11H2,1H3. The van der Waals surface area contributed by atoms with Crippen molar-refractivity contribution in [2.24, 2.45) is 0 Å². The number of aliphatic hydroxyl groups is 1. The summed E-state index contributed by atoms with van der Waals surface area (Å²) in [6, 6.07) is 13.3. The van der Waals surface area contributed by atoms with E-state index in [1.807, 2.05) is 31.2 Å². The molecule has 23 heavy (non-hydrogen) atoms. The number of aryl methyl sites for hydroxylation is 1. The highest BCUT2D eigenvalue weighted by Gasteiger charge is 2.36. The molecule has 1 aromatic heterocycles. The van der Waals surface area contributed by atoms with E-state index < -0.39 is 5.60 Å². The van der Waals surface area contributed by atoms with Crippen LogP contribution in [0.2, 0.25) is 5.02 Å². The first-order chi connectivity index (χ1) is 11.0. The minimum atomic E-state index is -0.925. The predicted octanol–water partition coefficient (Wildman–Crippen LogP) is 3.40. The fourth-order valence-corrected chi connectivity index (χ4v) is 3.38. The number of hydrogen-bond donors (Lipinski definition) is 1. The van der Waals surface area contributed by atoms with Crippen molar-refractivity contribution in [3.63, 3.8) is 0 Å². The fourth-order valence-electron chi connectivity index (χ4n) is 3.07. The monoisotopic (exact) mass is 327 g/mol. The minimum absolute atomic E-state index is 0.553. The zero-order valence-electron chi connectivity index (χ0n) is 13.0. The maximum absolute atomic E-state index is 11.0. The van der Waals surface area contributed by atoms with Gasteiger partial charge in [-0.3, -0.25) is 0 Å². The van der Waals surface area contributed by atoms with Gasteiger partial charge in [-0.05, 0) is 38.0 Å². The molecule has 1 aromatic carbocycles. The molecule has 0 aliphatic carbocycles. The van der Waals surface area contributed by atoms with Crippen molar-refractivity contribution in [2.75, 3.05) is 18.0 Å². The van der Waals surface area contributed by atoms with Crippen LogP contribution >= 0.6 is 11.6 Å². The maximum atomic E-state index is 11.0. The third-order valence-corrected chi connectivity index (χ3v) is 4.73. The molecule has 1 saturated heterocycles. The van der Waals surface area contributed by atoms with Gasteiger partial charge in [-0.15, -0.1) is 0 Å². The van der Waals surface area contributed by atoms with Gasteiger partial charge in [0.15, 0.2) is 0 Å². The molecule has 0 amide bonds. The molecule has 3 rings (SSSR count). The van der Waals surface area contributed by atoms with Crippen molar-refractivity contribution in [1.29, 1.82) is 5.26 Å². The lowest BCUT2D eigenvalue weighted by molar-refractivity contribution is 0.0117. The summed E-state index contributed by atoms with van der Waals surface area (Å²) in [6.45, 7) is 3.17. The molecular weight excluding hydrogens is 310 g/mol. The van der Waals surface area contributed by atoms with Crippen LogP contribution in [0, 0.1) is 18.3 Å². The average molecular weight is 328 g/mol. The minimum Gasteiger partial charge on any atom is -0.385 e. The lowest BCUT2D eigenvalue weighted by atomic mass is 9.84.